The Balaban J connectivity index is 1.44. The molecule has 3 heterocycles. The van der Waals surface area contributed by atoms with E-state index in [1.807, 2.05) is 40.4 Å². The van der Waals surface area contributed by atoms with Gasteiger partial charge in [0.05, 0.1) is 25.2 Å². The molecule has 1 fully saturated rings. The molecular formula is C22H30N5O2+. The van der Waals surface area contributed by atoms with Crippen molar-refractivity contribution in [3.8, 4) is 0 Å². The predicted octanol–water partition coefficient (Wildman–Crippen LogP) is 0.923. The van der Waals surface area contributed by atoms with Crippen LogP contribution in [-0.4, -0.2) is 46.3 Å². The molecule has 1 aromatic carbocycles. The van der Waals surface area contributed by atoms with Crippen molar-refractivity contribution >= 4 is 22.5 Å². The molecule has 1 aliphatic rings. The quantitative estimate of drug-likeness (QED) is 0.609. The molecule has 7 heteroatoms. The van der Waals surface area contributed by atoms with Gasteiger partial charge in [-0.1, -0.05) is 12.1 Å². The molecule has 0 atom stereocenters. The number of para-hydroxylation sites is 1. The number of carbonyl (C=O) groups is 1. The average molecular weight is 397 g/mol. The number of amides is 1. The summed E-state index contributed by atoms with van der Waals surface area (Å²) in [7, 11) is 0. The highest BCUT2D eigenvalue weighted by Gasteiger charge is 2.16. The first-order valence-electron chi connectivity index (χ1n) is 10.7. The van der Waals surface area contributed by atoms with Crippen molar-refractivity contribution < 1.29 is 9.69 Å². The molecule has 2 aromatic heterocycles. The largest absolute Gasteiger partial charge is 0.354 e. The van der Waals surface area contributed by atoms with Crippen molar-refractivity contribution in [2.24, 2.45) is 0 Å². The SMILES string of the molecule is Cc1cc(=O)nc2c3ccccc3n(CC(=O)NCCC[NH+]3CCCCCC3)n12. The van der Waals surface area contributed by atoms with Gasteiger partial charge in [-0.15, -0.1) is 0 Å². The zero-order valence-corrected chi connectivity index (χ0v) is 17.1. The summed E-state index contributed by atoms with van der Waals surface area (Å²) in [5.74, 6) is -0.0170. The number of benzene rings is 1. The first-order chi connectivity index (χ1) is 14.1. The number of quaternary nitrogens is 1. The highest BCUT2D eigenvalue weighted by molar-refractivity contribution is 5.93. The number of rotatable bonds is 6. The molecule has 0 aliphatic carbocycles. The minimum absolute atomic E-state index is 0.0170. The summed E-state index contributed by atoms with van der Waals surface area (Å²) in [6, 6.07) is 9.27. The third-order valence-corrected chi connectivity index (χ3v) is 5.88. The first-order valence-corrected chi connectivity index (χ1v) is 10.7. The van der Waals surface area contributed by atoms with Crippen molar-refractivity contribution in [1.29, 1.82) is 0 Å². The molecule has 0 spiro atoms. The van der Waals surface area contributed by atoms with E-state index in [0.29, 0.717) is 12.2 Å². The average Bonchev–Trinajstić information content (AvgIpc) is 2.85. The Bertz CT molecular complexity index is 1060. The number of nitrogens with one attached hydrogen (secondary N) is 2. The maximum atomic E-state index is 12.6. The van der Waals surface area contributed by atoms with E-state index in [-0.39, 0.29) is 18.0 Å². The molecule has 1 saturated heterocycles. The third kappa shape index (κ3) is 4.34. The van der Waals surface area contributed by atoms with Crippen LogP contribution in [-0.2, 0) is 11.3 Å². The van der Waals surface area contributed by atoms with E-state index in [1.54, 1.807) is 4.90 Å². The van der Waals surface area contributed by atoms with E-state index in [2.05, 4.69) is 10.3 Å². The van der Waals surface area contributed by atoms with E-state index in [0.717, 1.165) is 29.6 Å². The maximum Gasteiger partial charge on any atom is 0.273 e. The van der Waals surface area contributed by atoms with Gasteiger partial charge in [0, 0.05) is 30.1 Å². The lowest BCUT2D eigenvalue weighted by Crippen LogP contribution is -3.11. The molecule has 0 unspecified atom stereocenters. The molecule has 4 rings (SSSR count). The molecule has 29 heavy (non-hydrogen) atoms. The number of aryl methyl sites for hydroxylation is 1. The Morgan fingerprint density at radius 1 is 1.17 bits per heavy atom. The Morgan fingerprint density at radius 3 is 2.72 bits per heavy atom. The second-order valence-corrected chi connectivity index (χ2v) is 8.06. The Kier molecular flexibility index (Phi) is 5.94. The van der Waals surface area contributed by atoms with E-state index in [1.165, 1.54) is 44.8 Å². The Hall–Kier alpha value is -2.67. The van der Waals surface area contributed by atoms with Crippen molar-refractivity contribution in [3.05, 3.63) is 46.4 Å². The minimum atomic E-state index is -0.258. The number of aromatic nitrogens is 3. The summed E-state index contributed by atoms with van der Waals surface area (Å²) < 4.78 is 3.77. The topological polar surface area (TPSA) is 72.8 Å². The molecule has 154 valence electrons. The van der Waals surface area contributed by atoms with Gasteiger partial charge in [-0.3, -0.25) is 14.3 Å². The zero-order valence-electron chi connectivity index (χ0n) is 17.1. The van der Waals surface area contributed by atoms with Gasteiger partial charge < -0.3 is 10.2 Å². The van der Waals surface area contributed by atoms with E-state index in [4.69, 9.17) is 0 Å². The normalized spacial score (nSPS) is 15.6. The maximum absolute atomic E-state index is 12.6. The number of hydrogen-bond donors (Lipinski definition) is 2. The Labute approximate surface area is 170 Å². The van der Waals surface area contributed by atoms with Gasteiger partial charge in [0.25, 0.3) is 5.56 Å². The molecular weight excluding hydrogens is 366 g/mol. The van der Waals surface area contributed by atoms with Gasteiger partial charge in [0.2, 0.25) is 5.91 Å². The van der Waals surface area contributed by atoms with Crippen LogP contribution in [0.25, 0.3) is 16.6 Å². The Morgan fingerprint density at radius 2 is 1.93 bits per heavy atom. The highest BCUT2D eigenvalue weighted by atomic mass is 16.2. The third-order valence-electron chi connectivity index (χ3n) is 5.88. The van der Waals surface area contributed by atoms with Crippen LogP contribution in [0.5, 0.6) is 0 Å². The summed E-state index contributed by atoms with van der Waals surface area (Å²) in [4.78, 5) is 30.4. The summed E-state index contributed by atoms with van der Waals surface area (Å²) in [5.41, 5.74) is 2.01. The molecule has 1 aliphatic heterocycles. The van der Waals surface area contributed by atoms with Crippen molar-refractivity contribution in [2.75, 3.05) is 26.2 Å². The van der Waals surface area contributed by atoms with Crippen molar-refractivity contribution in [2.45, 2.75) is 45.6 Å². The predicted molar refractivity (Wildman–Crippen MR) is 113 cm³/mol. The van der Waals surface area contributed by atoms with E-state index in [9.17, 15) is 9.59 Å². The van der Waals surface area contributed by atoms with Crippen LogP contribution in [0.3, 0.4) is 0 Å². The number of hydrogen-bond acceptors (Lipinski definition) is 3. The molecule has 0 radical (unpaired) electrons. The van der Waals surface area contributed by atoms with E-state index < -0.39 is 0 Å². The lowest BCUT2D eigenvalue weighted by molar-refractivity contribution is -0.899. The van der Waals surface area contributed by atoms with Crippen LogP contribution < -0.4 is 15.8 Å². The lowest BCUT2D eigenvalue weighted by atomic mass is 10.2. The fourth-order valence-electron chi connectivity index (χ4n) is 4.46. The van der Waals surface area contributed by atoms with Crippen molar-refractivity contribution in [1.82, 2.24) is 19.5 Å². The minimum Gasteiger partial charge on any atom is -0.354 e. The fraction of sp³-hybridized carbons (Fsp3) is 0.500. The number of likely N-dealkylation sites (tertiary alicyclic amines) is 1. The first kappa shape index (κ1) is 19.6. The summed E-state index contributed by atoms with van der Waals surface area (Å²) in [5, 5.41) is 3.95. The number of nitrogens with zero attached hydrogens (tertiary/aromatic N) is 3. The molecule has 1 amide bonds. The standard InChI is InChI=1S/C22H29N5O2/c1-17-15-20(28)24-22-18-9-4-5-10-19(18)26(27(17)22)16-21(29)23-11-8-14-25-12-6-2-3-7-13-25/h4-5,9-10,15H,2-3,6-8,11-14,16H2,1H3,(H,23,29)/p+1. The second-order valence-electron chi connectivity index (χ2n) is 8.06. The molecule has 7 nitrogen and oxygen atoms in total. The van der Waals surface area contributed by atoms with Crippen molar-refractivity contribution in [3.63, 3.8) is 0 Å². The number of carbonyl (C=O) groups excluding carboxylic acids is 1. The molecule has 0 saturated carbocycles. The second kappa shape index (κ2) is 8.78. The van der Waals surface area contributed by atoms with Gasteiger partial charge in [0.15, 0.2) is 5.65 Å². The van der Waals surface area contributed by atoms with Gasteiger partial charge in [-0.05, 0) is 44.7 Å². The summed E-state index contributed by atoms with van der Waals surface area (Å²) in [6.45, 7) is 6.42. The fourth-order valence-corrected chi connectivity index (χ4v) is 4.46. The van der Waals surface area contributed by atoms with Crippen LogP contribution in [0, 0.1) is 6.92 Å². The number of fused-ring (bicyclic) bond motifs is 3. The zero-order chi connectivity index (χ0) is 20.2. The van der Waals surface area contributed by atoms with Crippen LogP contribution in [0.15, 0.2) is 35.1 Å². The van der Waals surface area contributed by atoms with E-state index >= 15 is 0 Å². The summed E-state index contributed by atoms with van der Waals surface area (Å²) >= 11 is 0. The van der Waals surface area contributed by atoms with Gasteiger partial charge in [-0.25, -0.2) is 4.52 Å². The molecule has 3 aromatic rings. The summed E-state index contributed by atoms with van der Waals surface area (Å²) in [6.07, 6.45) is 6.37. The van der Waals surface area contributed by atoms with Crippen LogP contribution >= 0.6 is 0 Å². The smallest absolute Gasteiger partial charge is 0.273 e. The van der Waals surface area contributed by atoms with Crippen LogP contribution in [0.4, 0.5) is 0 Å². The highest BCUT2D eigenvalue weighted by Crippen LogP contribution is 2.21. The van der Waals surface area contributed by atoms with Gasteiger partial charge in [-0.2, -0.15) is 4.98 Å². The molecule has 2 N–H and O–H groups in total. The van der Waals surface area contributed by atoms with Gasteiger partial charge >= 0.3 is 0 Å². The lowest BCUT2D eigenvalue weighted by Gasteiger charge is -2.17. The molecule has 0 bridgehead atoms. The monoisotopic (exact) mass is 396 g/mol. The van der Waals surface area contributed by atoms with Crippen LogP contribution in [0.1, 0.15) is 37.8 Å². The van der Waals surface area contributed by atoms with Gasteiger partial charge in [0.1, 0.15) is 6.54 Å². The van der Waals surface area contributed by atoms with Crippen LogP contribution in [0.2, 0.25) is 0 Å².